The Bertz CT molecular complexity index is 508. The Kier molecular flexibility index (Phi) is 3.44. The quantitative estimate of drug-likeness (QED) is 0.860. The van der Waals surface area contributed by atoms with Crippen LogP contribution in [0.1, 0.15) is 19.9 Å². The third kappa shape index (κ3) is 3.04. The van der Waals surface area contributed by atoms with Crippen LogP contribution in [0.15, 0.2) is 12.4 Å². The van der Waals surface area contributed by atoms with Crippen molar-refractivity contribution in [3.8, 4) is 11.8 Å². The van der Waals surface area contributed by atoms with E-state index in [1.165, 1.54) is 0 Å². The number of rotatable bonds is 3. The van der Waals surface area contributed by atoms with Gasteiger partial charge >= 0.3 is 6.01 Å². The fourth-order valence-electron chi connectivity index (χ4n) is 1.12. The van der Waals surface area contributed by atoms with Crippen molar-refractivity contribution in [2.45, 2.75) is 19.9 Å². The smallest absolute Gasteiger partial charge is 0.327 e. The lowest BCUT2D eigenvalue weighted by molar-refractivity contribution is 0.437. The third-order valence-corrected chi connectivity index (χ3v) is 2.21. The van der Waals surface area contributed by atoms with E-state index in [9.17, 15) is 0 Å². The topological polar surface area (TPSA) is 65.7 Å². The van der Waals surface area contributed by atoms with E-state index in [1.54, 1.807) is 17.1 Å². The minimum absolute atomic E-state index is 0.0174. The average molecular weight is 274 g/mol. The van der Waals surface area contributed by atoms with E-state index in [4.69, 9.17) is 27.9 Å². The molecule has 2 aromatic heterocycles. The SMILES string of the molecule is CC(C)n1cc(Oc2nc(Cl)nc(Cl)n2)cn1. The first-order valence-corrected chi connectivity index (χ1v) is 5.59. The van der Waals surface area contributed by atoms with Gasteiger partial charge in [-0.2, -0.15) is 20.1 Å². The van der Waals surface area contributed by atoms with Crippen molar-refractivity contribution in [3.63, 3.8) is 0 Å². The summed E-state index contributed by atoms with van der Waals surface area (Å²) in [6.07, 6.45) is 3.29. The first-order valence-electron chi connectivity index (χ1n) is 4.83. The summed E-state index contributed by atoms with van der Waals surface area (Å²) in [7, 11) is 0. The summed E-state index contributed by atoms with van der Waals surface area (Å²) in [5.41, 5.74) is 0. The maximum absolute atomic E-state index is 5.62. The molecule has 17 heavy (non-hydrogen) atoms. The van der Waals surface area contributed by atoms with E-state index in [0.29, 0.717) is 5.75 Å². The van der Waals surface area contributed by atoms with E-state index in [1.807, 2.05) is 13.8 Å². The average Bonchev–Trinajstić information content (AvgIpc) is 2.64. The molecule has 0 fully saturated rings. The van der Waals surface area contributed by atoms with Gasteiger partial charge in [-0.1, -0.05) is 0 Å². The lowest BCUT2D eigenvalue weighted by Gasteiger charge is -2.03. The largest absolute Gasteiger partial charge is 0.421 e. The highest BCUT2D eigenvalue weighted by Crippen LogP contribution is 2.20. The lowest BCUT2D eigenvalue weighted by atomic mass is 10.4. The number of halogens is 2. The van der Waals surface area contributed by atoms with Crippen LogP contribution >= 0.6 is 23.2 Å². The summed E-state index contributed by atoms with van der Waals surface area (Å²) in [4.78, 5) is 11.2. The number of ether oxygens (including phenoxy) is 1. The lowest BCUT2D eigenvalue weighted by Crippen LogP contribution is -1.99. The molecule has 0 N–H and O–H groups in total. The van der Waals surface area contributed by atoms with Gasteiger partial charge in [0.1, 0.15) is 0 Å². The molecule has 0 radical (unpaired) electrons. The highest BCUT2D eigenvalue weighted by molar-refractivity contribution is 6.31. The van der Waals surface area contributed by atoms with Crippen molar-refractivity contribution in [3.05, 3.63) is 23.0 Å². The van der Waals surface area contributed by atoms with Gasteiger partial charge in [-0.3, -0.25) is 4.68 Å². The van der Waals surface area contributed by atoms with Crippen LogP contribution in [0.3, 0.4) is 0 Å². The van der Waals surface area contributed by atoms with Crippen LogP contribution in [0.5, 0.6) is 11.8 Å². The molecule has 0 spiro atoms. The zero-order chi connectivity index (χ0) is 12.4. The van der Waals surface area contributed by atoms with Gasteiger partial charge in [0, 0.05) is 6.04 Å². The Labute approximate surface area is 108 Å². The number of aromatic nitrogens is 5. The molecule has 90 valence electrons. The summed E-state index contributed by atoms with van der Waals surface area (Å²) in [5, 5.41) is 4.08. The molecule has 0 aliphatic heterocycles. The van der Waals surface area contributed by atoms with E-state index in [0.717, 1.165) is 0 Å². The van der Waals surface area contributed by atoms with E-state index in [-0.39, 0.29) is 22.6 Å². The molecule has 2 rings (SSSR count). The Hall–Kier alpha value is -1.40. The molecule has 0 aliphatic rings. The maximum atomic E-state index is 5.62. The van der Waals surface area contributed by atoms with Crippen molar-refractivity contribution in [1.29, 1.82) is 0 Å². The molecule has 0 bridgehead atoms. The molecule has 0 amide bonds. The maximum Gasteiger partial charge on any atom is 0.327 e. The van der Waals surface area contributed by atoms with Gasteiger partial charge in [0.2, 0.25) is 10.6 Å². The van der Waals surface area contributed by atoms with Crippen molar-refractivity contribution in [2.75, 3.05) is 0 Å². The molecule has 0 unspecified atom stereocenters. The first kappa shape index (κ1) is 12.1. The van der Waals surface area contributed by atoms with Crippen LogP contribution in [0.2, 0.25) is 10.6 Å². The van der Waals surface area contributed by atoms with Crippen molar-refractivity contribution >= 4 is 23.2 Å². The number of hydrogen-bond acceptors (Lipinski definition) is 5. The molecular weight excluding hydrogens is 265 g/mol. The molecule has 0 atom stereocenters. The minimum Gasteiger partial charge on any atom is -0.421 e. The fraction of sp³-hybridized carbons (Fsp3) is 0.333. The van der Waals surface area contributed by atoms with Crippen LogP contribution < -0.4 is 4.74 Å². The zero-order valence-corrected chi connectivity index (χ0v) is 10.6. The molecule has 6 nitrogen and oxygen atoms in total. The molecule has 0 aromatic carbocycles. The molecule has 8 heteroatoms. The second kappa shape index (κ2) is 4.85. The van der Waals surface area contributed by atoms with Gasteiger partial charge in [-0.25, -0.2) is 0 Å². The normalized spacial score (nSPS) is 10.9. The predicted octanol–water partition coefficient (Wildman–Crippen LogP) is 2.75. The summed E-state index contributed by atoms with van der Waals surface area (Å²) in [6, 6.07) is 0.288. The third-order valence-electron chi connectivity index (χ3n) is 1.88. The summed E-state index contributed by atoms with van der Waals surface area (Å²) in [5.74, 6) is 0.511. The van der Waals surface area contributed by atoms with Gasteiger partial charge in [0.15, 0.2) is 5.75 Å². The molecule has 0 aliphatic carbocycles. The second-order valence-electron chi connectivity index (χ2n) is 3.51. The zero-order valence-electron chi connectivity index (χ0n) is 9.13. The van der Waals surface area contributed by atoms with E-state index in [2.05, 4.69) is 20.1 Å². The van der Waals surface area contributed by atoms with Gasteiger partial charge in [0.05, 0.1) is 12.4 Å². The van der Waals surface area contributed by atoms with Gasteiger partial charge in [-0.05, 0) is 37.0 Å². The highest BCUT2D eigenvalue weighted by atomic mass is 35.5. The summed E-state index contributed by atoms with van der Waals surface area (Å²) < 4.78 is 7.11. The van der Waals surface area contributed by atoms with Crippen LogP contribution in [0.25, 0.3) is 0 Å². The van der Waals surface area contributed by atoms with Crippen molar-refractivity contribution < 1.29 is 4.74 Å². The summed E-state index contributed by atoms with van der Waals surface area (Å²) in [6.45, 7) is 4.01. The standard InChI is InChI=1S/C9H9Cl2N5O/c1-5(2)16-4-6(3-12-16)17-9-14-7(10)13-8(11)15-9/h3-5H,1-2H3. The van der Waals surface area contributed by atoms with Crippen molar-refractivity contribution in [1.82, 2.24) is 24.7 Å². The minimum atomic E-state index is -0.0174. The van der Waals surface area contributed by atoms with Gasteiger partial charge in [-0.15, -0.1) is 0 Å². The van der Waals surface area contributed by atoms with Crippen LogP contribution in [0.4, 0.5) is 0 Å². The van der Waals surface area contributed by atoms with E-state index < -0.39 is 0 Å². The van der Waals surface area contributed by atoms with Gasteiger partial charge < -0.3 is 4.74 Å². The molecule has 2 heterocycles. The van der Waals surface area contributed by atoms with Crippen LogP contribution in [0, 0.1) is 0 Å². The van der Waals surface area contributed by atoms with Crippen LogP contribution in [-0.2, 0) is 0 Å². The Balaban J connectivity index is 2.19. The first-order chi connectivity index (χ1) is 8.04. The Morgan fingerprint density at radius 1 is 1.18 bits per heavy atom. The second-order valence-corrected chi connectivity index (χ2v) is 4.18. The molecule has 0 saturated carbocycles. The van der Waals surface area contributed by atoms with Crippen molar-refractivity contribution in [2.24, 2.45) is 0 Å². The molecular formula is C9H9Cl2N5O. The molecule has 2 aromatic rings. The Morgan fingerprint density at radius 2 is 1.82 bits per heavy atom. The summed E-state index contributed by atoms with van der Waals surface area (Å²) >= 11 is 11.2. The highest BCUT2D eigenvalue weighted by Gasteiger charge is 2.08. The van der Waals surface area contributed by atoms with Gasteiger partial charge in [0.25, 0.3) is 0 Å². The fourth-order valence-corrected chi connectivity index (χ4v) is 1.46. The van der Waals surface area contributed by atoms with E-state index >= 15 is 0 Å². The monoisotopic (exact) mass is 273 g/mol. The number of nitrogens with zero attached hydrogens (tertiary/aromatic N) is 5. The Morgan fingerprint density at radius 3 is 2.35 bits per heavy atom. The predicted molar refractivity (Wildman–Crippen MR) is 62.5 cm³/mol. The van der Waals surface area contributed by atoms with Crippen LogP contribution in [-0.4, -0.2) is 24.7 Å². The molecule has 0 saturated heterocycles. The number of hydrogen-bond donors (Lipinski definition) is 0.